The van der Waals surface area contributed by atoms with Gasteiger partial charge in [-0.2, -0.15) is 0 Å². The number of ether oxygens (including phenoxy) is 1. The molecule has 0 spiro atoms. The molecule has 2 aromatic heterocycles. The zero-order valence-corrected chi connectivity index (χ0v) is 26.2. The van der Waals surface area contributed by atoms with Crippen molar-refractivity contribution in [3.05, 3.63) is 100 Å². The highest BCUT2D eigenvalue weighted by Gasteiger charge is 2.29. The standard InChI is InChI=1S/C35H38N4O2S2/c1-23-11-13-28(37-21-23)34(24-7-4-2-3-5-8-24)38-25-12-14-30-32(19-25)42-31-10-6-9-27(35(31)43-30)29-22-39(17-18-41-29)26-15-16-36-33(40)20-26/h6,9-16,19-21,24,29,34,38H,2-5,7-8,17-18,22H2,1H3,(H,36,40). The number of fused-ring (bicyclic) bond motifs is 2. The number of aromatic amines is 1. The number of nitrogens with zero attached hydrogens (tertiary/aromatic N) is 2. The number of H-pyrrole nitrogens is 1. The second kappa shape index (κ2) is 12.8. The van der Waals surface area contributed by atoms with E-state index in [1.165, 1.54) is 69.2 Å². The number of hydrogen-bond acceptors (Lipinski definition) is 7. The number of rotatable bonds is 6. The van der Waals surface area contributed by atoms with E-state index in [-0.39, 0.29) is 17.7 Å². The highest BCUT2D eigenvalue weighted by molar-refractivity contribution is 8.05. The van der Waals surface area contributed by atoms with Crippen molar-refractivity contribution in [2.45, 2.75) is 77.2 Å². The van der Waals surface area contributed by atoms with E-state index in [2.05, 4.69) is 70.7 Å². The SMILES string of the molecule is Cc1ccc(C(Nc2ccc3c(c2)Sc2cccc(C4CN(c5cc[nH]c(=O)c5)CCO4)c2S3)C2CCCCCC2)nc1. The third-order valence-corrected chi connectivity index (χ3v) is 11.5. The molecule has 2 N–H and O–H groups in total. The number of pyridine rings is 2. The maximum atomic E-state index is 11.9. The van der Waals surface area contributed by atoms with Gasteiger partial charge in [0.25, 0.3) is 0 Å². The molecule has 2 atom stereocenters. The van der Waals surface area contributed by atoms with Crippen molar-refractivity contribution in [3.8, 4) is 0 Å². The lowest BCUT2D eigenvalue weighted by Crippen LogP contribution is -2.39. The van der Waals surface area contributed by atoms with Gasteiger partial charge in [0.05, 0.1) is 18.3 Å². The zero-order chi connectivity index (χ0) is 29.2. The molecule has 0 bridgehead atoms. The molecule has 8 heteroatoms. The molecule has 1 aliphatic carbocycles. The molecule has 0 radical (unpaired) electrons. The molecule has 222 valence electrons. The fourth-order valence-electron chi connectivity index (χ4n) is 6.59. The van der Waals surface area contributed by atoms with E-state index in [0.717, 1.165) is 30.2 Å². The van der Waals surface area contributed by atoms with Crippen molar-refractivity contribution in [3.63, 3.8) is 0 Å². The van der Waals surface area contributed by atoms with Gasteiger partial charge in [0.15, 0.2) is 0 Å². The summed E-state index contributed by atoms with van der Waals surface area (Å²) >= 11 is 3.69. The van der Waals surface area contributed by atoms with Crippen LogP contribution in [0.4, 0.5) is 11.4 Å². The van der Waals surface area contributed by atoms with Crippen LogP contribution in [0.1, 0.15) is 67.5 Å². The molecule has 2 fully saturated rings. The van der Waals surface area contributed by atoms with Gasteiger partial charge in [-0.15, -0.1) is 0 Å². The third-order valence-electron chi connectivity index (χ3n) is 8.87. The molecule has 2 aromatic carbocycles. The molecule has 1 saturated heterocycles. The van der Waals surface area contributed by atoms with Crippen LogP contribution in [0.5, 0.6) is 0 Å². The summed E-state index contributed by atoms with van der Waals surface area (Å²) in [5, 5.41) is 3.94. The van der Waals surface area contributed by atoms with Gasteiger partial charge in [-0.25, -0.2) is 0 Å². The van der Waals surface area contributed by atoms with Gasteiger partial charge >= 0.3 is 0 Å². The third kappa shape index (κ3) is 6.37. The first-order valence-electron chi connectivity index (χ1n) is 15.5. The smallest absolute Gasteiger partial charge is 0.249 e. The number of benzene rings is 2. The summed E-state index contributed by atoms with van der Waals surface area (Å²) in [6.45, 7) is 4.23. The Morgan fingerprint density at radius 3 is 2.67 bits per heavy atom. The average Bonchev–Trinajstić information content (AvgIpc) is 3.32. The molecule has 4 heterocycles. The van der Waals surface area contributed by atoms with Crippen LogP contribution in [0.15, 0.2) is 97.4 Å². The molecule has 7 rings (SSSR count). The summed E-state index contributed by atoms with van der Waals surface area (Å²) in [7, 11) is 0. The summed E-state index contributed by atoms with van der Waals surface area (Å²) in [5.74, 6) is 0.586. The van der Waals surface area contributed by atoms with Gasteiger partial charge in [0, 0.05) is 62.5 Å². The van der Waals surface area contributed by atoms with Crippen molar-refractivity contribution < 1.29 is 4.74 Å². The van der Waals surface area contributed by atoms with Crippen molar-refractivity contribution >= 4 is 34.9 Å². The first kappa shape index (κ1) is 28.6. The summed E-state index contributed by atoms with van der Waals surface area (Å²) < 4.78 is 6.31. The van der Waals surface area contributed by atoms with Crippen LogP contribution >= 0.6 is 23.5 Å². The van der Waals surface area contributed by atoms with Gasteiger partial charge in [-0.1, -0.05) is 67.4 Å². The van der Waals surface area contributed by atoms with Gasteiger partial charge in [-0.3, -0.25) is 9.78 Å². The first-order chi connectivity index (χ1) is 21.1. The number of hydrogen-bond donors (Lipinski definition) is 2. The van der Waals surface area contributed by atoms with E-state index in [1.54, 1.807) is 12.3 Å². The van der Waals surface area contributed by atoms with E-state index in [9.17, 15) is 4.79 Å². The lowest BCUT2D eigenvalue weighted by Gasteiger charge is -2.36. The second-order valence-electron chi connectivity index (χ2n) is 11.9. The predicted octanol–water partition coefficient (Wildman–Crippen LogP) is 8.40. The molecule has 3 aliphatic rings. The average molecular weight is 611 g/mol. The lowest BCUT2D eigenvalue weighted by atomic mass is 9.89. The molecule has 6 nitrogen and oxygen atoms in total. The highest BCUT2D eigenvalue weighted by atomic mass is 32.2. The molecular formula is C35H38N4O2S2. The van der Waals surface area contributed by atoms with Crippen LogP contribution in [0.25, 0.3) is 0 Å². The Morgan fingerprint density at radius 1 is 0.977 bits per heavy atom. The normalized spacial score (nSPS) is 19.7. The van der Waals surface area contributed by atoms with Crippen LogP contribution in [-0.4, -0.2) is 29.7 Å². The van der Waals surface area contributed by atoms with E-state index in [0.29, 0.717) is 12.5 Å². The Morgan fingerprint density at radius 2 is 1.86 bits per heavy atom. The number of aromatic nitrogens is 2. The number of nitrogens with one attached hydrogen (secondary N) is 2. The van der Waals surface area contributed by atoms with Crippen molar-refractivity contribution in [2.75, 3.05) is 29.9 Å². The fourth-order valence-corrected chi connectivity index (χ4v) is 9.04. The Kier molecular flexibility index (Phi) is 8.51. The molecular weight excluding hydrogens is 573 g/mol. The van der Waals surface area contributed by atoms with Gasteiger partial charge in [0.1, 0.15) is 6.10 Å². The van der Waals surface area contributed by atoms with Crippen LogP contribution < -0.4 is 15.8 Å². The maximum Gasteiger partial charge on any atom is 0.249 e. The Labute approximate surface area is 262 Å². The van der Waals surface area contributed by atoms with E-state index in [1.807, 2.05) is 35.8 Å². The topological polar surface area (TPSA) is 70.2 Å². The number of anilines is 2. The van der Waals surface area contributed by atoms with E-state index < -0.39 is 0 Å². The molecule has 43 heavy (non-hydrogen) atoms. The van der Waals surface area contributed by atoms with E-state index in [4.69, 9.17) is 9.72 Å². The quantitative estimate of drug-likeness (QED) is 0.187. The highest BCUT2D eigenvalue weighted by Crippen LogP contribution is 2.52. The summed E-state index contributed by atoms with van der Waals surface area (Å²) in [4.78, 5) is 26.9. The second-order valence-corrected chi connectivity index (χ2v) is 14.0. The summed E-state index contributed by atoms with van der Waals surface area (Å²) in [5.41, 5.74) is 5.59. The maximum absolute atomic E-state index is 11.9. The van der Waals surface area contributed by atoms with E-state index >= 15 is 0 Å². The van der Waals surface area contributed by atoms with Gasteiger partial charge < -0.3 is 19.9 Å². The minimum atomic E-state index is -0.0780. The van der Waals surface area contributed by atoms with Crippen LogP contribution in [0.2, 0.25) is 0 Å². The minimum Gasteiger partial charge on any atom is -0.376 e. The number of morpholine rings is 1. The zero-order valence-electron chi connectivity index (χ0n) is 24.6. The van der Waals surface area contributed by atoms with Crippen LogP contribution in [-0.2, 0) is 4.74 Å². The predicted molar refractivity (Wildman–Crippen MR) is 176 cm³/mol. The molecule has 0 amide bonds. The monoisotopic (exact) mass is 610 g/mol. The Balaban J connectivity index is 1.12. The summed E-state index contributed by atoms with van der Waals surface area (Å²) in [6, 6.07) is 21.7. The van der Waals surface area contributed by atoms with Crippen molar-refractivity contribution in [2.24, 2.45) is 5.92 Å². The van der Waals surface area contributed by atoms with Crippen molar-refractivity contribution in [1.29, 1.82) is 0 Å². The Hall–Kier alpha value is -3.20. The number of aryl methyl sites for hydroxylation is 1. The van der Waals surface area contributed by atoms with Crippen LogP contribution in [0, 0.1) is 12.8 Å². The molecule has 2 unspecified atom stereocenters. The molecule has 4 aromatic rings. The lowest BCUT2D eigenvalue weighted by molar-refractivity contribution is 0.0379. The van der Waals surface area contributed by atoms with Crippen molar-refractivity contribution in [1.82, 2.24) is 9.97 Å². The fraction of sp³-hybridized carbons (Fsp3) is 0.371. The minimum absolute atomic E-state index is 0.0547. The summed E-state index contributed by atoms with van der Waals surface area (Å²) in [6.07, 6.45) is 11.5. The molecule has 1 saturated carbocycles. The Bertz CT molecular complexity index is 1630. The van der Waals surface area contributed by atoms with Gasteiger partial charge in [0.2, 0.25) is 5.56 Å². The largest absolute Gasteiger partial charge is 0.376 e. The molecule has 2 aliphatic heterocycles. The first-order valence-corrected chi connectivity index (χ1v) is 17.1. The van der Waals surface area contributed by atoms with Crippen LogP contribution in [0.3, 0.4) is 0 Å². The van der Waals surface area contributed by atoms with Gasteiger partial charge in [-0.05, 0) is 73.2 Å².